The van der Waals surface area contributed by atoms with E-state index in [-0.39, 0.29) is 30.3 Å². The highest BCUT2D eigenvalue weighted by molar-refractivity contribution is 6.32. The number of H-pyrrole nitrogens is 1. The van der Waals surface area contributed by atoms with Crippen molar-refractivity contribution < 1.29 is 14.3 Å². The Hall–Kier alpha value is -3.16. The van der Waals surface area contributed by atoms with Crippen LogP contribution in [0.15, 0.2) is 42.5 Å². The number of methoxy groups -OCH3 is 1. The zero-order valence-corrected chi connectivity index (χ0v) is 24.2. The fourth-order valence-corrected chi connectivity index (χ4v) is 5.41. The maximum absolute atomic E-state index is 13.8. The van der Waals surface area contributed by atoms with E-state index in [1.54, 1.807) is 7.11 Å². The number of allylic oxidation sites excluding steroid dienone is 1. The number of hydrogen-bond donors (Lipinski definition) is 3. The highest BCUT2D eigenvalue weighted by Crippen LogP contribution is 2.33. The lowest BCUT2D eigenvalue weighted by molar-refractivity contribution is -0.135. The predicted molar refractivity (Wildman–Crippen MR) is 157 cm³/mol. The summed E-state index contributed by atoms with van der Waals surface area (Å²) in [6, 6.07) is 13.0. The van der Waals surface area contributed by atoms with Crippen LogP contribution in [0, 0.1) is 11.8 Å². The number of halogens is 1. The molecule has 3 aromatic rings. The number of rotatable bonds is 11. The number of ether oxygens (including phenoxy) is 1. The number of benzene rings is 2. The van der Waals surface area contributed by atoms with Gasteiger partial charge < -0.3 is 20.4 Å². The molecular weight excluding hydrogens is 512 g/mol. The maximum Gasteiger partial charge on any atom is 0.242 e. The Morgan fingerprint density at radius 2 is 1.97 bits per heavy atom. The fraction of sp³-hybridized carbons (Fsp3) is 0.452. The molecule has 1 fully saturated rings. The van der Waals surface area contributed by atoms with Crippen LogP contribution in [0.3, 0.4) is 0 Å². The topological polar surface area (TPSA) is 96.1 Å². The van der Waals surface area contributed by atoms with Gasteiger partial charge >= 0.3 is 0 Å². The van der Waals surface area contributed by atoms with Crippen LogP contribution < -0.4 is 10.6 Å². The summed E-state index contributed by atoms with van der Waals surface area (Å²) in [5, 5.41) is 6.64. The third-order valence-corrected chi connectivity index (χ3v) is 8.04. The SMILES string of the molecule is CCNC(=O)C(NC(=O)C(C)(COC)c1ccc2nc(/C=C(/c3ccccc3Cl)C(C)C)[nH]c2c1)C1CCC1. The number of amides is 2. The third kappa shape index (κ3) is 6.20. The Balaban J connectivity index is 1.66. The Morgan fingerprint density at radius 3 is 2.59 bits per heavy atom. The Labute approximate surface area is 235 Å². The molecule has 1 aromatic heterocycles. The van der Waals surface area contributed by atoms with Crippen LogP contribution in [0.1, 0.15) is 63.9 Å². The molecule has 7 nitrogen and oxygen atoms in total. The van der Waals surface area contributed by atoms with Gasteiger partial charge in [-0.15, -0.1) is 0 Å². The molecule has 0 radical (unpaired) electrons. The van der Waals surface area contributed by atoms with Gasteiger partial charge in [0.25, 0.3) is 0 Å². The Bertz CT molecular complexity index is 1360. The van der Waals surface area contributed by atoms with Crippen molar-refractivity contribution in [3.8, 4) is 0 Å². The number of aromatic nitrogens is 2. The van der Waals surface area contributed by atoms with Gasteiger partial charge in [-0.3, -0.25) is 9.59 Å². The average Bonchev–Trinajstić information content (AvgIpc) is 3.28. The minimum Gasteiger partial charge on any atom is -0.383 e. The van der Waals surface area contributed by atoms with E-state index in [1.807, 2.05) is 62.4 Å². The van der Waals surface area contributed by atoms with Crippen molar-refractivity contribution in [2.75, 3.05) is 20.3 Å². The largest absolute Gasteiger partial charge is 0.383 e. The van der Waals surface area contributed by atoms with Gasteiger partial charge in [0.2, 0.25) is 11.8 Å². The van der Waals surface area contributed by atoms with Gasteiger partial charge in [-0.05, 0) is 79.5 Å². The van der Waals surface area contributed by atoms with Gasteiger partial charge in [0.15, 0.2) is 0 Å². The second-order valence-electron chi connectivity index (χ2n) is 10.9. The molecule has 4 rings (SSSR count). The van der Waals surface area contributed by atoms with Gasteiger partial charge in [-0.2, -0.15) is 0 Å². The molecule has 0 saturated heterocycles. The van der Waals surface area contributed by atoms with Gasteiger partial charge in [-0.1, -0.05) is 56.1 Å². The van der Waals surface area contributed by atoms with Crippen LogP contribution in [0.2, 0.25) is 5.02 Å². The quantitative estimate of drug-likeness (QED) is 0.284. The van der Waals surface area contributed by atoms with Crippen molar-refractivity contribution in [1.82, 2.24) is 20.6 Å². The molecule has 1 aliphatic rings. The molecule has 2 aromatic carbocycles. The number of nitrogens with one attached hydrogen (secondary N) is 3. The van der Waals surface area contributed by atoms with Crippen LogP contribution in [-0.4, -0.2) is 48.1 Å². The van der Waals surface area contributed by atoms with Gasteiger partial charge in [0.05, 0.1) is 23.1 Å². The van der Waals surface area contributed by atoms with E-state index in [4.69, 9.17) is 21.3 Å². The van der Waals surface area contributed by atoms with E-state index in [0.717, 1.165) is 47.0 Å². The van der Waals surface area contributed by atoms with Crippen LogP contribution >= 0.6 is 11.6 Å². The average molecular weight is 551 g/mol. The van der Waals surface area contributed by atoms with E-state index in [0.29, 0.717) is 17.4 Å². The zero-order valence-electron chi connectivity index (χ0n) is 23.4. The van der Waals surface area contributed by atoms with Crippen molar-refractivity contribution in [2.24, 2.45) is 11.8 Å². The van der Waals surface area contributed by atoms with Gasteiger partial charge in [0, 0.05) is 18.7 Å². The molecule has 0 aliphatic heterocycles. The van der Waals surface area contributed by atoms with Gasteiger partial charge in [0.1, 0.15) is 11.9 Å². The second-order valence-corrected chi connectivity index (χ2v) is 11.3. The molecular formula is C31H39ClN4O3. The Kier molecular flexibility index (Phi) is 9.13. The van der Waals surface area contributed by atoms with Crippen molar-refractivity contribution in [3.63, 3.8) is 0 Å². The molecule has 39 heavy (non-hydrogen) atoms. The molecule has 1 heterocycles. The summed E-state index contributed by atoms with van der Waals surface area (Å²) >= 11 is 6.50. The smallest absolute Gasteiger partial charge is 0.242 e. The summed E-state index contributed by atoms with van der Waals surface area (Å²) in [6.45, 7) is 8.69. The third-order valence-electron chi connectivity index (χ3n) is 7.71. The maximum atomic E-state index is 13.8. The number of nitrogens with zero attached hydrogens (tertiary/aromatic N) is 1. The minimum atomic E-state index is -1.00. The van der Waals surface area contributed by atoms with Crippen molar-refractivity contribution in [1.29, 1.82) is 0 Å². The highest BCUT2D eigenvalue weighted by Gasteiger charge is 2.41. The molecule has 1 aliphatic carbocycles. The van der Waals surface area contributed by atoms with Crippen LogP contribution in [0.4, 0.5) is 0 Å². The minimum absolute atomic E-state index is 0.129. The molecule has 2 amide bonds. The summed E-state index contributed by atoms with van der Waals surface area (Å²) < 4.78 is 5.52. The predicted octanol–water partition coefficient (Wildman–Crippen LogP) is 5.74. The highest BCUT2D eigenvalue weighted by atomic mass is 35.5. The normalized spacial score (nSPS) is 16.5. The van der Waals surface area contributed by atoms with E-state index in [2.05, 4.69) is 29.5 Å². The van der Waals surface area contributed by atoms with Crippen molar-refractivity contribution in [2.45, 2.75) is 58.4 Å². The molecule has 1 saturated carbocycles. The van der Waals surface area contributed by atoms with Gasteiger partial charge in [-0.25, -0.2) is 4.98 Å². The van der Waals surface area contributed by atoms with Crippen LogP contribution in [-0.2, 0) is 19.7 Å². The number of imidazole rings is 1. The Morgan fingerprint density at radius 1 is 1.23 bits per heavy atom. The van der Waals surface area contributed by atoms with E-state index in [1.165, 1.54) is 0 Å². The monoisotopic (exact) mass is 550 g/mol. The molecule has 208 valence electrons. The number of aromatic amines is 1. The van der Waals surface area contributed by atoms with E-state index in [9.17, 15) is 9.59 Å². The number of hydrogen-bond acceptors (Lipinski definition) is 4. The number of carbonyl (C=O) groups is 2. The van der Waals surface area contributed by atoms with Crippen LogP contribution in [0.5, 0.6) is 0 Å². The molecule has 0 spiro atoms. The molecule has 2 unspecified atom stereocenters. The number of likely N-dealkylation sites (N-methyl/N-ethyl adjacent to an activating group) is 1. The first-order valence-electron chi connectivity index (χ1n) is 13.7. The lowest BCUT2D eigenvalue weighted by Crippen LogP contribution is -2.57. The summed E-state index contributed by atoms with van der Waals surface area (Å²) in [7, 11) is 1.58. The standard InChI is InChI=1S/C31H39ClN4O3/c1-6-33-29(37)28(20-10-9-11-20)36-30(38)31(4,18-39-5)21-14-15-25-26(16-21)35-27(34-25)17-23(19(2)3)22-12-7-8-13-24(22)32/h7-8,12-17,19-20,28H,6,9-11,18H2,1-5H3,(H,33,37)(H,34,35)(H,36,38)/b23-17+. The summed E-state index contributed by atoms with van der Waals surface area (Å²) in [5.41, 5.74) is 3.45. The molecule has 2 atom stereocenters. The molecule has 3 N–H and O–H groups in total. The second kappa shape index (κ2) is 12.3. The molecule has 0 bridgehead atoms. The van der Waals surface area contributed by atoms with Crippen LogP contribution in [0.25, 0.3) is 22.7 Å². The first-order valence-corrected chi connectivity index (χ1v) is 14.1. The summed E-state index contributed by atoms with van der Waals surface area (Å²) in [6.07, 6.45) is 4.98. The van der Waals surface area contributed by atoms with E-state index >= 15 is 0 Å². The first-order chi connectivity index (χ1) is 18.7. The number of fused-ring (bicyclic) bond motifs is 1. The summed E-state index contributed by atoms with van der Waals surface area (Å²) in [4.78, 5) is 34.7. The lowest BCUT2D eigenvalue weighted by atomic mass is 9.77. The van der Waals surface area contributed by atoms with Crippen molar-refractivity contribution in [3.05, 3.63) is 64.4 Å². The first kappa shape index (κ1) is 28.8. The molecule has 8 heteroatoms. The number of carbonyl (C=O) groups excluding carboxylic acids is 2. The lowest BCUT2D eigenvalue weighted by Gasteiger charge is -2.36. The summed E-state index contributed by atoms with van der Waals surface area (Å²) in [5.74, 6) is 0.744. The van der Waals surface area contributed by atoms with E-state index < -0.39 is 11.5 Å². The zero-order chi connectivity index (χ0) is 28.2. The fourth-order valence-electron chi connectivity index (χ4n) is 5.16. The van der Waals surface area contributed by atoms with Crippen molar-refractivity contribution >= 4 is 46.1 Å².